The first kappa shape index (κ1) is 18.4. The van der Waals surface area contributed by atoms with Crippen LogP contribution >= 0.6 is 0 Å². The first-order valence-corrected chi connectivity index (χ1v) is 9.99. The molecule has 6 heteroatoms. The van der Waals surface area contributed by atoms with Crippen LogP contribution in [-0.4, -0.2) is 24.8 Å². The predicted octanol–water partition coefficient (Wildman–Crippen LogP) is 4.45. The summed E-state index contributed by atoms with van der Waals surface area (Å²) in [4.78, 5) is 30.0. The molecule has 3 aromatic carbocycles. The molecule has 5 rings (SSSR count). The number of anilines is 3. The van der Waals surface area contributed by atoms with Crippen LogP contribution in [0.15, 0.2) is 72.1 Å². The number of carbonyl (C=O) groups excluding carboxylic acids is 2. The largest absolute Gasteiger partial charge is 0.325 e. The molecule has 0 bridgehead atoms. The van der Waals surface area contributed by atoms with Crippen LogP contribution in [0.1, 0.15) is 13.3 Å². The number of fused-ring (bicyclic) bond motifs is 4. The van der Waals surface area contributed by atoms with E-state index in [4.69, 9.17) is 0 Å². The van der Waals surface area contributed by atoms with Crippen molar-refractivity contribution in [1.82, 2.24) is 0 Å². The third-order valence-electron chi connectivity index (χ3n) is 5.67. The number of nitrogens with zero attached hydrogens (tertiary/aromatic N) is 2. The van der Waals surface area contributed by atoms with Gasteiger partial charge in [-0.3, -0.25) is 9.59 Å². The van der Waals surface area contributed by atoms with E-state index in [2.05, 4.69) is 23.5 Å². The Morgan fingerprint density at radius 1 is 1.03 bits per heavy atom. The molecule has 0 spiro atoms. The van der Waals surface area contributed by atoms with Crippen LogP contribution in [-0.2, 0) is 9.59 Å². The van der Waals surface area contributed by atoms with Gasteiger partial charge in [0.05, 0.1) is 17.1 Å². The van der Waals surface area contributed by atoms with Gasteiger partial charge in [-0.05, 0) is 42.0 Å². The second-order valence-corrected chi connectivity index (χ2v) is 7.39. The van der Waals surface area contributed by atoms with Crippen molar-refractivity contribution in [3.05, 3.63) is 77.9 Å². The molecule has 0 aromatic heterocycles. The summed E-state index contributed by atoms with van der Waals surface area (Å²) in [6.07, 6.45) is 0.230. The van der Waals surface area contributed by atoms with Gasteiger partial charge >= 0.3 is 0 Å². The lowest BCUT2D eigenvalue weighted by Gasteiger charge is -2.30. The summed E-state index contributed by atoms with van der Waals surface area (Å²) in [6.45, 7) is 3.09. The molecule has 1 N–H and O–H groups in total. The van der Waals surface area contributed by atoms with E-state index in [1.807, 2.05) is 34.9 Å². The average molecular weight is 401 g/mol. The Labute approximate surface area is 173 Å². The molecule has 0 saturated heterocycles. The molecule has 30 heavy (non-hydrogen) atoms. The van der Waals surface area contributed by atoms with Gasteiger partial charge in [0.25, 0.3) is 5.91 Å². The predicted molar refractivity (Wildman–Crippen MR) is 116 cm³/mol. The van der Waals surface area contributed by atoms with E-state index >= 15 is 0 Å². The van der Waals surface area contributed by atoms with E-state index in [0.717, 1.165) is 22.1 Å². The minimum atomic E-state index is -0.583. The molecule has 150 valence electrons. The van der Waals surface area contributed by atoms with Gasteiger partial charge in [0.1, 0.15) is 17.2 Å². The third-order valence-corrected chi connectivity index (χ3v) is 5.67. The quantitative estimate of drug-likeness (QED) is 0.659. The first-order chi connectivity index (χ1) is 14.6. The lowest BCUT2D eigenvalue weighted by molar-refractivity contribution is -0.120. The van der Waals surface area contributed by atoms with Crippen LogP contribution in [0.25, 0.3) is 10.8 Å². The van der Waals surface area contributed by atoms with Crippen molar-refractivity contribution in [2.75, 3.05) is 28.2 Å². The molecule has 0 radical (unpaired) electrons. The van der Waals surface area contributed by atoms with Gasteiger partial charge in [-0.2, -0.15) is 0 Å². The first-order valence-electron chi connectivity index (χ1n) is 9.99. The highest BCUT2D eigenvalue weighted by Gasteiger charge is 2.40. The normalized spacial score (nSPS) is 15.5. The van der Waals surface area contributed by atoms with Crippen LogP contribution in [0, 0.1) is 5.82 Å². The summed E-state index contributed by atoms with van der Waals surface area (Å²) in [7, 11) is 0. The van der Waals surface area contributed by atoms with Crippen molar-refractivity contribution in [2.24, 2.45) is 0 Å². The standard InChI is InChI=1S/C24H20FN3O2/c1-2-27-19-13-15-7-3-4-8-16(15)14-20(19)28-12-11-21(29)22(24(27)28)23(30)26-18-10-6-5-9-17(18)25/h3-10,13-14H,2,11-12H2,1H3,(H,26,30). The fourth-order valence-electron chi connectivity index (χ4n) is 4.28. The highest BCUT2D eigenvalue weighted by atomic mass is 19.1. The van der Waals surface area contributed by atoms with Gasteiger partial charge in [-0.25, -0.2) is 4.39 Å². The fourth-order valence-corrected chi connectivity index (χ4v) is 4.28. The maximum Gasteiger partial charge on any atom is 0.263 e. The van der Waals surface area contributed by atoms with Crippen molar-refractivity contribution < 1.29 is 14.0 Å². The molecule has 0 unspecified atom stereocenters. The number of rotatable bonds is 3. The van der Waals surface area contributed by atoms with Gasteiger partial charge < -0.3 is 15.1 Å². The number of ketones is 1. The van der Waals surface area contributed by atoms with Crippen molar-refractivity contribution in [2.45, 2.75) is 13.3 Å². The van der Waals surface area contributed by atoms with Gasteiger partial charge in [0.2, 0.25) is 0 Å². The van der Waals surface area contributed by atoms with Gasteiger partial charge in [0.15, 0.2) is 5.78 Å². The molecule has 1 amide bonds. The maximum absolute atomic E-state index is 14.1. The third kappa shape index (κ3) is 2.76. The molecular formula is C24H20FN3O2. The van der Waals surface area contributed by atoms with Crippen LogP contribution in [0.3, 0.4) is 0 Å². The lowest BCUT2D eigenvalue weighted by Crippen LogP contribution is -2.40. The minimum absolute atomic E-state index is 0.0600. The van der Waals surface area contributed by atoms with E-state index in [0.29, 0.717) is 18.9 Å². The lowest BCUT2D eigenvalue weighted by atomic mass is 10.0. The molecule has 3 aromatic rings. The number of carbonyl (C=O) groups is 2. The van der Waals surface area contributed by atoms with Gasteiger partial charge in [-0.15, -0.1) is 0 Å². The minimum Gasteiger partial charge on any atom is -0.325 e. The van der Waals surface area contributed by atoms with Crippen molar-refractivity contribution in [3.8, 4) is 0 Å². The molecule has 2 heterocycles. The second-order valence-electron chi connectivity index (χ2n) is 7.39. The SMILES string of the molecule is CCN1C2=C(C(=O)Nc3ccccc3F)C(=O)CCN2c2cc3ccccc3cc21. The summed E-state index contributed by atoms with van der Waals surface area (Å²) in [6, 6.07) is 18.2. The maximum atomic E-state index is 14.1. The van der Waals surface area contributed by atoms with E-state index < -0.39 is 11.7 Å². The Balaban J connectivity index is 1.64. The topological polar surface area (TPSA) is 52.7 Å². The fraction of sp³-hybridized carbons (Fsp3) is 0.167. The summed E-state index contributed by atoms with van der Waals surface area (Å²) in [5.41, 5.74) is 2.09. The second kappa shape index (κ2) is 6.99. The van der Waals surface area contributed by atoms with Crippen molar-refractivity contribution in [1.29, 1.82) is 0 Å². The number of para-hydroxylation sites is 1. The summed E-state index contributed by atoms with van der Waals surface area (Å²) < 4.78 is 14.1. The number of halogens is 1. The number of nitrogens with one attached hydrogen (secondary N) is 1. The molecule has 0 aliphatic carbocycles. The smallest absolute Gasteiger partial charge is 0.263 e. The Morgan fingerprint density at radius 3 is 2.40 bits per heavy atom. The highest BCUT2D eigenvalue weighted by Crippen LogP contribution is 2.46. The van der Waals surface area contributed by atoms with E-state index in [1.165, 1.54) is 12.1 Å². The number of benzene rings is 3. The molecule has 0 fully saturated rings. The summed E-state index contributed by atoms with van der Waals surface area (Å²) >= 11 is 0. The number of amides is 1. The van der Waals surface area contributed by atoms with Gasteiger partial charge in [0, 0.05) is 19.5 Å². The van der Waals surface area contributed by atoms with Gasteiger partial charge in [-0.1, -0.05) is 36.4 Å². The molecule has 5 nitrogen and oxygen atoms in total. The molecule has 2 aliphatic heterocycles. The van der Waals surface area contributed by atoms with Crippen LogP contribution in [0.5, 0.6) is 0 Å². The van der Waals surface area contributed by atoms with Crippen molar-refractivity contribution in [3.63, 3.8) is 0 Å². The molecule has 0 atom stereocenters. The number of Topliss-reactive ketones (excluding diaryl/α,β-unsaturated/α-hetero) is 1. The van der Waals surface area contributed by atoms with E-state index in [9.17, 15) is 14.0 Å². The zero-order valence-corrected chi connectivity index (χ0v) is 16.5. The summed E-state index contributed by atoms with van der Waals surface area (Å²) in [5.74, 6) is -0.774. The summed E-state index contributed by atoms with van der Waals surface area (Å²) in [5, 5.41) is 4.78. The van der Waals surface area contributed by atoms with Crippen LogP contribution in [0.2, 0.25) is 0 Å². The van der Waals surface area contributed by atoms with E-state index in [1.54, 1.807) is 12.1 Å². The number of hydrogen-bond donors (Lipinski definition) is 1. The highest BCUT2D eigenvalue weighted by molar-refractivity contribution is 6.26. The van der Waals surface area contributed by atoms with Crippen LogP contribution < -0.4 is 15.1 Å². The Bertz CT molecular complexity index is 1200. The van der Waals surface area contributed by atoms with Crippen LogP contribution in [0.4, 0.5) is 21.5 Å². The Hall–Kier alpha value is -3.67. The Morgan fingerprint density at radius 2 is 1.70 bits per heavy atom. The number of hydrogen-bond acceptors (Lipinski definition) is 4. The molecular weight excluding hydrogens is 381 g/mol. The average Bonchev–Trinajstić information content (AvgIpc) is 3.05. The van der Waals surface area contributed by atoms with E-state index in [-0.39, 0.29) is 23.5 Å². The molecule has 2 aliphatic rings. The van der Waals surface area contributed by atoms with Crippen molar-refractivity contribution >= 4 is 39.5 Å². The Kier molecular flexibility index (Phi) is 4.28. The zero-order valence-electron chi connectivity index (χ0n) is 16.5. The zero-order chi connectivity index (χ0) is 20.8. The molecule has 0 saturated carbocycles. The monoisotopic (exact) mass is 401 g/mol.